The molecule has 20 heavy (non-hydrogen) atoms. The van der Waals surface area contributed by atoms with Gasteiger partial charge in [-0.2, -0.15) is 5.26 Å². The van der Waals surface area contributed by atoms with Crippen molar-refractivity contribution in [2.45, 2.75) is 32.8 Å². The number of hydrogen-bond acceptors (Lipinski definition) is 5. The second kappa shape index (κ2) is 6.35. The van der Waals surface area contributed by atoms with Crippen molar-refractivity contribution in [3.05, 3.63) is 33.9 Å². The highest BCUT2D eigenvalue weighted by atomic mass is 16.6. The number of nitro benzene ring substituents is 1. The van der Waals surface area contributed by atoms with Crippen molar-refractivity contribution in [2.24, 2.45) is 5.92 Å². The SMILES string of the molecule is CC(C)CC(C)(O)CNc1cccc(C#N)c1[N+](=O)[O-]. The van der Waals surface area contributed by atoms with Crippen molar-refractivity contribution in [3.63, 3.8) is 0 Å². The van der Waals surface area contributed by atoms with Gasteiger partial charge in [0.15, 0.2) is 0 Å². The molecule has 6 heteroatoms. The van der Waals surface area contributed by atoms with Crippen LogP contribution in [0.25, 0.3) is 0 Å². The maximum atomic E-state index is 11.1. The highest BCUT2D eigenvalue weighted by Gasteiger charge is 2.24. The Hall–Kier alpha value is -2.13. The minimum Gasteiger partial charge on any atom is -0.388 e. The molecule has 2 N–H and O–H groups in total. The molecular formula is C14H19N3O3. The second-order valence-corrected chi connectivity index (χ2v) is 5.52. The van der Waals surface area contributed by atoms with Crippen LogP contribution in [0.2, 0.25) is 0 Å². The van der Waals surface area contributed by atoms with Gasteiger partial charge in [-0.3, -0.25) is 10.1 Å². The van der Waals surface area contributed by atoms with Crippen LogP contribution in [0, 0.1) is 27.4 Å². The number of para-hydroxylation sites is 1. The second-order valence-electron chi connectivity index (χ2n) is 5.52. The zero-order chi connectivity index (χ0) is 15.3. The van der Waals surface area contributed by atoms with Crippen LogP contribution in [0.3, 0.4) is 0 Å². The summed E-state index contributed by atoms with van der Waals surface area (Å²) in [4.78, 5) is 10.5. The topological polar surface area (TPSA) is 99.2 Å². The monoisotopic (exact) mass is 277 g/mol. The third-order valence-corrected chi connectivity index (χ3v) is 2.85. The summed E-state index contributed by atoms with van der Waals surface area (Å²) in [6, 6.07) is 6.31. The number of aliphatic hydroxyl groups is 1. The first kappa shape index (κ1) is 15.9. The van der Waals surface area contributed by atoms with Crippen LogP contribution in [-0.2, 0) is 0 Å². The van der Waals surface area contributed by atoms with Crippen molar-refractivity contribution in [1.29, 1.82) is 5.26 Å². The van der Waals surface area contributed by atoms with Crippen LogP contribution in [-0.4, -0.2) is 22.2 Å². The molecule has 0 aliphatic heterocycles. The molecule has 1 unspecified atom stereocenters. The normalized spacial score (nSPS) is 13.6. The van der Waals surface area contributed by atoms with E-state index >= 15 is 0 Å². The molecule has 6 nitrogen and oxygen atoms in total. The third kappa shape index (κ3) is 4.21. The number of anilines is 1. The van der Waals surface area contributed by atoms with Crippen LogP contribution in [0.4, 0.5) is 11.4 Å². The maximum absolute atomic E-state index is 11.1. The third-order valence-electron chi connectivity index (χ3n) is 2.85. The van der Waals surface area contributed by atoms with Gasteiger partial charge >= 0.3 is 5.69 Å². The van der Waals surface area contributed by atoms with Crippen molar-refractivity contribution >= 4 is 11.4 Å². The molecule has 0 amide bonds. The number of nitrogens with one attached hydrogen (secondary N) is 1. The lowest BCUT2D eigenvalue weighted by Crippen LogP contribution is -2.35. The smallest absolute Gasteiger partial charge is 0.309 e. The van der Waals surface area contributed by atoms with Gasteiger partial charge in [-0.15, -0.1) is 0 Å². The maximum Gasteiger partial charge on any atom is 0.309 e. The molecule has 1 atom stereocenters. The lowest BCUT2D eigenvalue weighted by atomic mass is 9.94. The van der Waals surface area contributed by atoms with E-state index in [0.29, 0.717) is 12.3 Å². The summed E-state index contributed by atoms with van der Waals surface area (Å²) in [5.74, 6) is 0.312. The van der Waals surface area contributed by atoms with E-state index in [4.69, 9.17) is 5.26 Å². The van der Waals surface area contributed by atoms with Gasteiger partial charge in [-0.1, -0.05) is 19.9 Å². The highest BCUT2D eigenvalue weighted by Crippen LogP contribution is 2.29. The summed E-state index contributed by atoms with van der Waals surface area (Å²) in [6.45, 7) is 5.85. The summed E-state index contributed by atoms with van der Waals surface area (Å²) in [7, 11) is 0. The van der Waals surface area contributed by atoms with Crippen LogP contribution in [0.5, 0.6) is 0 Å². The summed E-state index contributed by atoms with van der Waals surface area (Å²) < 4.78 is 0. The Kier molecular flexibility index (Phi) is 5.06. The van der Waals surface area contributed by atoms with Crippen molar-refractivity contribution in [3.8, 4) is 6.07 Å². The number of rotatable bonds is 6. The average molecular weight is 277 g/mol. The molecule has 1 aromatic carbocycles. The number of hydrogen-bond donors (Lipinski definition) is 2. The summed E-state index contributed by atoms with van der Waals surface area (Å²) >= 11 is 0. The van der Waals surface area contributed by atoms with Crippen LogP contribution in [0.1, 0.15) is 32.8 Å². The van der Waals surface area contributed by atoms with Gasteiger partial charge < -0.3 is 10.4 Å². The fraction of sp³-hybridized carbons (Fsp3) is 0.500. The van der Waals surface area contributed by atoms with Crippen molar-refractivity contribution in [2.75, 3.05) is 11.9 Å². The molecule has 1 aromatic rings. The molecule has 0 bridgehead atoms. The van der Waals surface area contributed by atoms with E-state index in [1.165, 1.54) is 12.1 Å². The summed E-state index contributed by atoms with van der Waals surface area (Å²) in [5, 5.41) is 33.0. The number of nitro groups is 1. The molecule has 108 valence electrons. The predicted molar refractivity (Wildman–Crippen MR) is 76.4 cm³/mol. The minimum atomic E-state index is -0.968. The van der Waals surface area contributed by atoms with Gasteiger partial charge in [0.1, 0.15) is 17.3 Å². The Balaban J connectivity index is 2.94. The molecule has 0 saturated heterocycles. The zero-order valence-corrected chi connectivity index (χ0v) is 11.9. The molecule has 0 spiro atoms. The lowest BCUT2D eigenvalue weighted by Gasteiger charge is -2.26. The molecule has 1 rings (SSSR count). The molecule has 0 fully saturated rings. The zero-order valence-electron chi connectivity index (χ0n) is 11.9. The van der Waals surface area contributed by atoms with Gasteiger partial charge in [0.25, 0.3) is 0 Å². The fourth-order valence-corrected chi connectivity index (χ4v) is 2.21. The number of nitrogens with zero attached hydrogens (tertiary/aromatic N) is 2. The standard InChI is InChI=1S/C14H19N3O3/c1-10(2)7-14(3,18)9-16-12-6-4-5-11(8-15)13(12)17(19)20/h4-6,10,16,18H,7,9H2,1-3H3. The van der Waals surface area contributed by atoms with Crippen LogP contribution in [0.15, 0.2) is 18.2 Å². The number of benzene rings is 1. The Bertz CT molecular complexity index is 533. The molecule has 0 aliphatic rings. The summed E-state index contributed by atoms with van der Waals surface area (Å²) in [6.07, 6.45) is 0.575. The van der Waals surface area contributed by atoms with E-state index in [9.17, 15) is 15.2 Å². The van der Waals surface area contributed by atoms with Crippen molar-refractivity contribution in [1.82, 2.24) is 0 Å². The van der Waals surface area contributed by atoms with E-state index in [1.807, 2.05) is 13.8 Å². The lowest BCUT2D eigenvalue weighted by molar-refractivity contribution is -0.384. The highest BCUT2D eigenvalue weighted by molar-refractivity contribution is 5.68. The first-order valence-electron chi connectivity index (χ1n) is 6.40. The quantitative estimate of drug-likeness (QED) is 0.615. The first-order chi connectivity index (χ1) is 9.26. The minimum absolute atomic E-state index is 0.00324. The van der Waals surface area contributed by atoms with E-state index in [2.05, 4.69) is 5.32 Å². The largest absolute Gasteiger partial charge is 0.388 e. The Morgan fingerprint density at radius 3 is 2.70 bits per heavy atom. The van der Waals surface area contributed by atoms with Crippen molar-refractivity contribution < 1.29 is 10.0 Å². The van der Waals surface area contributed by atoms with Gasteiger partial charge in [0.05, 0.1) is 10.5 Å². The van der Waals surface area contributed by atoms with Gasteiger partial charge in [0.2, 0.25) is 0 Å². The van der Waals surface area contributed by atoms with E-state index < -0.39 is 10.5 Å². The van der Waals surface area contributed by atoms with E-state index in [0.717, 1.165) is 0 Å². The first-order valence-corrected chi connectivity index (χ1v) is 6.40. The summed E-state index contributed by atoms with van der Waals surface area (Å²) in [5.41, 5.74) is -0.970. The molecular weight excluding hydrogens is 258 g/mol. The van der Waals surface area contributed by atoms with Crippen LogP contribution >= 0.6 is 0 Å². The Morgan fingerprint density at radius 1 is 1.55 bits per heavy atom. The Morgan fingerprint density at radius 2 is 2.20 bits per heavy atom. The molecule has 0 aromatic heterocycles. The molecule has 0 saturated carbocycles. The molecule has 0 radical (unpaired) electrons. The van der Waals surface area contributed by atoms with Gasteiger partial charge in [0, 0.05) is 6.54 Å². The number of nitriles is 1. The van der Waals surface area contributed by atoms with E-state index in [1.54, 1.807) is 19.1 Å². The predicted octanol–water partition coefficient (Wildman–Crippen LogP) is 2.68. The van der Waals surface area contributed by atoms with E-state index in [-0.39, 0.29) is 23.5 Å². The molecule has 0 aliphatic carbocycles. The van der Waals surface area contributed by atoms with Gasteiger partial charge in [-0.05, 0) is 31.4 Å². The van der Waals surface area contributed by atoms with Crippen LogP contribution < -0.4 is 5.32 Å². The molecule has 0 heterocycles. The average Bonchev–Trinajstić information content (AvgIpc) is 2.34. The van der Waals surface area contributed by atoms with Gasteiger partial charge in [-0.25, -0.2) is 0 Å². The fourth-order valence-electron chi connectivity index (χ4n) is 2.21. The Labute approximate surface area is 118 Å².